The summed E-state index contributed by atoms with van der Waals surface area (Å²) in [5.74, 6) is 0.524. The van der Waals surface area contributed by atoms with E-state index in [2.05, 4.69) is 29.6 Å². The Balaban J connectivity index is 2.40. The average Bonchev–Trinajstić information content (AvgIpc) is 2.53. The fourth-order valence-electron chi connectivity index (χ4n) is 1.24. The maximum Gasteiger partial charge on any atom is 0.0949 e. The van der Waals surface area contributed by atoms with E-state index in [1.54, 1.807) is 0 Å². The number of nitrogens with two attached hydrogens (primary N) is 1. The second kappa shape index (κ2) is 5.02. The number of unbranched alkanes of at least 4 members (excludes halogenated alkanes) is 1. The molecule has 1 rings (SSSR count). The van der Waals surface area contributed by atoms with Crippen molar-refractivity contribution in [2.45, 2.75) is 39.2 Å². The fraction of sp³-hybridized carbons (Fsp3) is 0.700. The van der Waals surface area contributed by atoms with Crippen LogP contribution in [0.25, 0.3) is 0 Å². The maximum absolute atomic E-state index is 5.42. The molecule has 13 heavy (non-hydrogen) atoms. The van der Waals surface area contributed by atoms with Gasteiger partial charge in [0.05, 0.1) is 12.0 Å². The van der Waals surface area contributed by atoms with Crippen molar-refractivity contribution in [1.82, 2.24) is 9.55 Å². The molecule has 0 saturated carbocycles. The van der Waals surface area contributed by atoms with Gasteiger partial charge in [0, 0.05) is 12.7 Å². The summed E-state index contributed by atoms with van der Waals surface area (Å²) in [7, 11) is 0. The van der Waals surface area contributed by atoms with Gasteiger partial charge in [0.25, 0.3) is 0 Å². The first-order valence-electron chi connectivity index (χ1n) is 4.95. The minimum absolute atomic E-state index is 0.524. The number of hydrogen-bond acceptors (Lipinski definition) is 2. The standard InChI is InChI=1S/C10H19N3/c1-9(2)10-7-13(8-12-10)6-4-3-5-11/h7-9H,3-6,11H2,1-2H3. The highest BCUT2D eigenvalue weighted by molar-refractivity contribution is 5.01. The lowest BCUT2D eigenvalue weighted by Crippen LogP contribution is -2.01. The number of nitrogens with zero attached hydrogens (tertiary/aromatic N) is 2. The summed E-state index contributed by atoms with van der Waals surface area (Å²) in [5.41, 5.74) is 6.60. The SMILES string of the molecule is CC(C)c1cn(CCCCN)cn1. The molecule has 0 unspecified atom stereocenters. The predicted octanol–water partition coefficient (Wildman–Crippen LogP) is 1.75. The Labute approximate surface area is 80.0 Å². The summed E-state index contributed by atoms with van der Waals surface area (Å²) in [5, 5.41) is 0. The lowest BCUT2D eigenvalue weighted by Gasteiger charge is -2.00. The zero-order valence-corrected chi connectivity index (χ0v) is 8.53. The van der Waals surface area contributed by atoms with Crippen LogP contribution >= 0.6 is 0 Å². The molecule has 74 valence electrons. The van der Waals surface area contributed by atoms with E-state index in [1.807, 2.05) is 6.33 Å². The number of rotatable bonds is 5. The van der Waals surface area contributed by atoms with Gasteiger partial charge in [-0.3, -0.25) is 0 Å². The van der Waals surface area contributed by atoms with Gasteiger partial charge in [0.2, 0.25) is 0 Å². The highest BCUT2D eigenvalue weighted by atomic mass is 15.0. The Morgan fingerprint density at radius 2 is 2.23 bits per heavy atom. The molecule has 3 nitrogen and oxygen atoms in total. The van der Waals surface area contributed by atoms with Crippen molar-refractivity contribution in [1.29, 1.82) is 0 Å². The van der Waals surface area contributed by atoms with Crippen LogP contribution in [0.3, 0.4) is 0 Å². The van der Waals surface area contributed by atoms with Gasteiger partial charge in [0.1, 0.15) is 0 Å². The summed E-state index contributed by atoms with van der Waals surface area (Å²) >= 11 is 0. The molecule has 0 saturated heterocycles. The molecule has 0 aliphatic heterocycles. The van der Waals surface area contributed by atoms with E-state index >= 15 is 0 Å². The summed E-state index contributed by atoms with van der Waals surface area (Å²) in [6, 6.07) is 0. The molecule has 0 fully saturated rings. The van der Waals surface area contributed by atoms with Crippen LogP contribution < -0.4 is 5.73 Å². The third-order valence-corrected chi connectivity index (χ3v) is 2.12. The third-order valence-electron chi connectivity index (χ3n) is 2.12. The first kappa shape index (κ1) is 10.3. The minimum Gasteiger partial charge on any atom is -0.337 e. The molecule has 0 aliphatic carbocycles. The molecule has 3 heteroatoms. The van der Waals surface area contributed by atoms with E-state index < -0.39 is 0 Å². The molecule has 1 aromatic heterocycles. The molecule has 0 amide bonds. The van der Waals surface area contributed by atoms with Gasteiger partial charge in [-0.15, -0.1) is 0 Å². The Kier molecular flexibility index (Phi) is 3.96. The van der Waals surface area contributed by atoms with E-state index in [0.29, 0.717) is 5.92 Å². The molecule has 0 aliphatic rings. The van der Waals surface area contributed by atoms with Crippen molar-refractivity contribution in [2.75, 3.05) is 6.54 Å². The molecule has 2 N–H and O–H groups in total. The number of aromatic nitrogens is 2. The number of aryl methyl sites for hydroxylation is 1. The summed E-state index contributed by atoms with van der Waals surface area (Å²) < 4.78 is 2.14. The number of hydrogen-bond donors (Lipinski definition) is 1. The average molecular weight is 181 g/mol. The van der Waals surface area contributed by atoms with Gasteiger partial charge >= 0.3 is 0 Å². The highest BCUT2D eigenvalue weighted by Gasteiger charge is 2.02. The van der Waals surface area contributed by atoms with Gasteiger partial charge in [-0.25, -0.2) is 4.98 Å². The molecule has 0 aromatic carbocycles. The van der Waals surface area contributed by atoms with Crippen molar-refractivity contribution in [2.24, 2.45) is 5.73 Å². The molecular formula is C10H19N3. The summed E-state index contributed by atoms with van der Waals surface area (Å²) in [4.78, 5) is 4.33. The van der Waals surface area contributed by atoms with Gasteiger partial charge in [-0.05, 0) is 25.3 Å². The van der Waals surface area contributed by atoms with Gasteiger partial charge in [-0.2, -0.15) is 0 Å². The minimum atomic E-state index is 0.524. The van der Waals surface area contributed by atoms with E-state index in [-0.39, 0.29) is 0 Å². The molecule has 0 spiro atoms. The van der Waals surface area contributed by atoms with E-state index in [1.165, 1.54) is 5.69 Å². The van der Waals surface area contributed by atoms with Gasteiger partial charge in [0.15, 0.2) is 0 Å². The van der Waals surface area contributed by atoms with Crippen molar-refractivity contribution in [3.8, 4) is 0 Å². The molecule has 0 atom stereocenters. The van der Waals surface area contributed by atoms with Crippen LogP contribution in [-0.2, 0) is 6.54 Å². The molecule has 0 radical (unpaired) electrons. The third kappa shape index (κ3) is 3.19. The van der Waals surface area contributed by atoms with Crippen molar-refractivity contribution < 1.29 is 0 Å². The molecule has 0 bridgehead atoms. The van der Waals surface area contributed by atoms with Crippen molar-refractivity contribution >= 4 is 0 Å². The Morgan fingerprint density at radius 3 is 2.77 bits per heavy atom. The van der Waals surface area contributed by atoms with Crippen LogP contribution in [0.1, 0.15) is 38.3 Å². The summed E-state index contributed by atoms with van der Waals surface area (Å²) in [6.45, 7) is 6.14. The second-order valence-electron chi connectivity index (χ2n) is 3.69. The first-order chi connectivity index (χ1) is 6.24. The molecule has 1 heterocycles. The Bertz CT molecular complexity index is 240. The fourth-order valence-corrected chi connectivity index (χ4v) is 1.24. The molecule has 1 aromatic rings. The summed E-state index contributed by atoms with van der Waals surface area (Å²) in [6.07, 6.45) is 6.27. The van der Waals surface area contributed by atoms with Crippen molar-refractivity contribution in [3.05, 3.63) is 18.2 Å². The second-order valence-corrected chi connectivity index (χ2v) is 3.69. The monoisotopic (exact) mass is 181 g/mol. The van der Waals surface area contributed by atoms with E-state index in [9.17, 15) is 0 Å². The van der Waals surface area contributed by atoms with Crippen LogP contribution in [-0.4, -0.2) is 16.1 Å². The molecular weight excluding hydrogens is 162 g/mol. The highest BCUT2D eigenvalue weighted by Crippen LogP contribution is 2.10. The lowest BCUT2D eigenvalue weighted by molar-refractivity contribution is 0.613. The quantitative estimate of drug-likeness (QED) is 0.703. The van der Waals surface area contributed by atoms with Crippen LogP contribution in [0.4, 0.5) is 0 Å². The first-order valence-corrected chi connectivity index (χ1v) is 4.95. The topological polar surface area (TPSA) is 43.8 Å². The normalized spacial score (nSPS) is 11.1. The van der Waals surface area contributed by atoms with Crippen LogP contribution in [0, 0.1) is 0 Å². The predicted molar refractivity (Wildman–Crippen MR) is 54.6 cm³/mol. The maximum atomic E-state index is 5.42. The van der Waals surface area contributed by atoms with Crippen molar-refractivity contribution in [3.63, 3.8) is 0 Å². The van der Waals surface area contributed by atoms with E-state index in [4.69, 9.17) is 5.73 Å². The largest absolute Gasteiger partial charge is 0.337 e. The lowest BCUT2D eigenvalue weighted by atomic mass is 10.2. The zero-order chi connectivity index (χ0) is 9.68. The van der Waals surface area contributed by atoms with Gasteiger partial charge in [-0.1, -0.05) is 13.8 Å². The Hall–Kier alpha value is -0.830. The van der Waals surface area contributed by atoms with Gasteiger partial charge < -0.3 is 10.3 Å². The van der Waals surface area contributed by atoms with E-state index in [0.717, 1.165) is 25.9 Å². The van der Waals surface area contributed by atoms with Crippen LogP contribution in [0.15, 0.2) is 12.5 Å². The van der Waals surface area contributed by atoms with Crippen LogP contribution in [0.5, 0.6) is 0 Å². The van der Waals surface area contributed by atoms with Crippen LogP contribution in [0.2, 0.25) is 0 Å². The Morgan fingerprint density at radius 1 is 1.46 bits per heavy atom. The smallest absolute Gasteiger partial charge is 0.0949 e. The number of imidazole rings is 1. The zero-order valence-electron chi connectivity index (χ0n) is 8.53.